The average Bonchev–Trinajstić information content (AvgIpc) is 2.67. The van der Waals surface area contributed by atoms with Gasteiger partial charge in [-0.25, -0.2) is 4.39 Å². The first-order valence-corrected chi connectivity index (χ1v) is 7.94. The van der Waals surface area contributed by atoms with Crippen molar-refractivity contribution in [3.05, 3.63) is 35.6 Å². The number of hydrogen-bond donors (Lipinski definition) is 0. The first-order chi connectivity index (χ1) is 9.86. The van der Waals surface area contributed by atoms with E-state index in [2.05, 4.69) is 4.90 Å². The number of rotatable bonds is 1. The number of nitrogens with zero attached hydrogens (tertiary/aromatic N) is 1. The first kappa shape index (κ1) is 14.6. The Morgan fingerprint density at radius 1 is 1.10 bits per heavy atom. The number of piperidine rings is 1. The molecule has 0 spiro atoms. The summed E-state index contributed by atoms with van der Waals surface area (Å²) in [6.45, 7) is 6.00. The van der Waals surface area contributed by atoms with Crippen LogP contribution in [0.15, 0.2) is 24.3 Å². The lowest BCUT2D eigenvalue weighted by Gasteiger charge is -2.42. The van der Waals surface area contributed by atoms with Crippen molar-refractivity contribution in [1.82, 2.24) is 4.90 Å². The van der Waals surface area contributed by atoms with Crippen molar-refractivity contribution in [2.45, 2.75) is 64.5 Å². The monoisotopic (exact) mass is 289 g/mol. The lowest BCUT2D eigenvalue weighted by atomic mass is 9.83. The zero-order chi connectivity index (χ0) is 15.2. The van der Waals surface area contributed by atoms with Gasteiger partial charge >= 0.3 is 0 Å². The van der Waals surface area contributed by atoms with Crippen molar-refractivity contribution in [1.29, 1.82) is 0 Å². The second kappa shape index (κ2) is 5.11. The number of carbonyl (C=O) groups excluding carboxylic acids is 1. The summed E-state index contributed by atoms with van der Waals surface area (Å²) in [6, 6.07) is 7.63. The quantitative estimate of drug-likeness (QED) is 0.762. The van der Waals surface area contributed by atoms with Crippen LogP contribution in [0.5, 0.6) is 0 Å². The molecule has 21 heavy (non-hydrogen) atoms. The van der Waals surface area contributed by atoms with Gasteiger partial charge in [0.25, 0.3) is 0 Å². The number of amides is 1. The maximum absolute atomic E-state index is 13.1. The van der Waals surface area contributed by atoms with Crippen molar-refractivity contribution in [2.75, 3.05) is 0 Å². The van der Waals surface area contributed by atoms with Crippen LogP contribution in [0.1, 0.15) is 57.9 Å². The van der Waals surface area contributed by atoms with Crippen LogP contribution in [0.25, 0.3) is 0 Å². The van der Waals surface area contributed by atoms with Gasteiger partial charge in [0.2, 0.25) is 5.91 Å². The molecule has 2 aliphatic rings. The summed E-state index contributed by atoms with van der Waals surface area (Å²) in [4.78, 5) is 14.8. The van der Waals surface area contributed by atoms with E-state index in [1.807, 2.05) is 32.9 Å². The van der Waals surface area contributed by atoms with Gasteiger partial charge < -0.3 is 4.90 Å². The minimum atomic E-state index is -0.302. The predicted molar refractivity (Wildman–Crippen MR) is 81.5 cm³/mol. The van der Waals surface area contributed by atoms with Gasteiger partial charge in [0.15, 0.2) is 0 Å². The molecule has 1 amide bonds. The zero-order valence-corrected chi connectivity index (χ0v) is 13.1. The summed E-state index contributed by atoms with van der Waals surface area (Å²) in [5.41, 5.74) is 0.917. The molecule has 2 saturated heterocycles. The minimum Gasteiger partial charge on any atom is -0.336 e. The highest BCUT2D eigenvalue weighted by atomic mass is 19.1. The average molecular weight is 289 g/mol. The van der Waals surface area contributed by atoms with Gasteiger partial charge in [-0.2, -0.15) is 0 Å². The topological polar surface area (TPSA) is 20.3 Å². The summed E-state index contributed by atoms with van der Waals surface area (Å²) < 4.78 is 13.1. The molecular formula is C18H24FNO. The molecule has 2 nitrogen and oxygen atoms in total. The molecular weight excluding hydrogens is 265 g/mol. The first-order valence-electron chi connectivity index (χ1n) is 7.94. The van der Waals surface area contributed by atoms with Crippen molar-refractivity contribution < 1.29 is 9.18 Å². The Bertz CT molecular complexity index is 517. The summed E-state index contributed by atoms with van der Waals surface area (Å²) in [5, 5.41) is 0. The van der Waals surface area contributed by atoms with Crippen molar-refractivity contribution >= 4 is 5.91 Å². The minimum absolute atomic E-state index is 0.179. The molecule has 0 N–H and O–H groups in total. The van der Waals surface area contributed by atoms with Crippen LogP contribution in [0.3, 0.4) is 0 Å². The molecule has 2 atom stereocenters. The van der Waals surface area contributed by atoms with E-state index in [0.717, 1.165) is 25.7 Å². The Balaban J connectivity index is 1.78. The number of benzene rings is 1. The second-order valence-electron chi connectivity index (χ2n) is 7.57. The molecule has 2 bridgehead atoms. The highest BCUT2D eigenvalue weighted by molar-refractivity contribution is 5.82. The molecule has 0 saturated carbocycles. The van der Waals surface area contributed by atoms with E-state index in [1.165, 1.54) is 5.56 Å². The smallest absolute Gasteiger partial charge is 0.228 e. The van der Waals surface area contributed by atoms with Crippen LogP contribution in [-0.2, 0) is 4.79 Å². The van der Waals surface area contributed by atoms with E-state index in [9.17, 15) is 9.18 Å². The Morgan fingerprint density at radius 3 is 2.10 bits per heavy atom. The summed E-state index contributed by atoms with van der Waals surface area (Å²) in [5.74, 6) is 0.571. The fraction of sp³-hybridized carbons (Fsp3) is 0.611. The van der Waals surface area contributed by atoms with Crippen LogP contribution in [-0.4, -0.2) is 22.9 Å². The molecule has 0 aromatic heterocycles. The van der Waals surface area contributed by atoms with Gasteiger partial charge in [0.05, 0.1) is 0 Å². The zero-order valence-electron chi connectivity index (χ0n) is 13.1. The molecule has 114 valence electrons. The number of carbonyl (C=O) groups is 1. The van der Waals surface area contributed by atoms with E-state index in [1.54, 1.807) is 12.1 Å². The van der Waals surface area contributed by atoms with Gasteiger partial charge in [-0.3, -0.25) is 4.79 Å². The third-order valence-corrected chi connectivity index (χ3v) is 4.95. The third kappa shape index (κ3) is 2.70. The molecule has 0 aliphatic carbocycles. The highest BCUT2D eigenvalue weighted by Crippen LogP contribution is 2.44. The molecule has 1 aromatic carbocycles. The SMILES string of the molecule is CC(C)(C)C(=O)N1[C@@H]2CC[C@@H]1CC(c1ccc(F)cc1)C2. The van der Waals surface area contributed by atoms with Gasteiger partial charge in [-0.1, -0.05) is 32.9 Å². The van der Waals surface area contributed by atoms with Crippen LogP contribution in [0.2, 0.25) is 0 Å². The van der Waals surface area contributed by atoms with E-state index < -0.39 is 0 Å². The second-order valence-corrected chi connectivity index (χ2v) is 7.57. The number of halogens is 1. The van der Waals surface area contributed by atoms with Crippen molar-refractivity contribution in [3.8, 4) is 0 Å². The number of hydrogen-bond acceptors (Lipinski definition) is 1. The molecule has 3 rings (SSSR count). The molecule has 2 aliphatic heterocycles. The predicted octanol–water partition coefficient (Wildman–Crippen LogP) is 4.11. The van der Waals surface area contributed by atoms with E-state index in [-0.39, 0.29) is 17.1 Å². The standard InChI is InChI=1S/C18H24FNO/c1-18(2,3)17(21)20-15-8-9-16(20)11-13(10-15)12-4-6-14(19)7-5-12/h4-7,13,15-16H,8-11H2,1-3H3/t15-,16-/m1/s1. The Kier molecular flexibility index (Phi) is 3.54. The Morgan fingerprint density at radius 2 is 1.62 bits per heavy atom. The van der Waals surface area contributed by atoms with Crippen molar-refractivity contribution in [3.63, 3.8) is 0 Å². The molecule has 0 unspecified atom stereocenters. The Labute approximate surface area is 126 Å². The van der Waals surface area contributed by atoms with Gasteiger partial charge in [-0.05, 0) is 49.3 Å². The maximum atomic E-state index is 13.1. The van der Waals surface area contributed by atoms with Crippen LogP contribution in [0.4, 0.5) is 4.39 Å². The van der Waals surface area contributed by atoms with E-state index in [4.69, 9.17) is 0 Å². The molecule has 1 aromatic rings. The molecule has 3 heteroatoms. The molecule has 0 radical (unpaired) electrons. The summed E-state index contributed by atoms with van der Waals surface area (Å²) >= 11 is 0. The lowest BCUT2D eigenvalue weighted by Crippen LogP contribution is -2.50. The number of fused-ring (bicyclic) bond motifs is 2. The van der Waals surface area contributed by atoms with Gasteiger partial charge in [0.1, 0.15) is 5.82 Å². The van der Waals surface area contributed by atoms with Gasteiger partial charge in [0, 0.05) is 17.5 Å². The lowest BCUT2D eigenvalue weighted by molar-refractivity contribution is -0.144. The Hall–Kier alpha value is -1.38. The van der Waals surface area contributed by atoms with E-state index in [0.29, 0.717) is 18.0 Å². The van der Waals surface area contributed by atoms with Crippen LogP contribution >= 0.6 is 0 Å². The molecule has 2 fully saturated rings. The normalized spacial score (nSPS) is 28.8. The van der Waals surface area contributed by atoms with Crippen LogP contribution < -0.4 is 0 Å². The third-order valence-electron chi connectivity index (χ3n) is 4.95. The fourth-order valence-electron chi connectivity index (χ4n) is 3.90. The maximum Gasteiger partial charge on any atom is 0.228 e. The largest absolute Gasteiger partial charge is 0.336 e. The van der Waals surface area contributed by atoms with E-state index >= 15 is 0 Å². The summed E-state index contributed by atoms with van der Waals surface area (Å²) in [6.07, 6.45) is 4.27. The summed E-state index contributed by atoms with van der Waals surface area (Å²) in [7, 11) is 0. The van der Waals surface area contributed by atoms with Crippen LogP contribution in [0, 0.1) is 11.2 Å². The molecule has 2 heterocycles. The van der Waals surface area contributed by atoms with Crippen molar-refractivity contribution in [2.24, 2.45) is 5.41 Å². The van der Waals surface area contributed by atoms with Gasteiger partial charge in [-0.15, -0.1) is 0 Å². The fourth-order valence-corrected chi connectivity index (χ4v) is 3.90. The highest BCUT2D eigenvalue weighted by Gasteiger charge is 2.45.